The second kappa shape index (κ2) is 8.98. The van der Waals surface area contributed by atoms with E-state index in [2.05, 4.69) is 0 Å². The van der Waals surface area contributed by atoms with E-state index in [-0.39, 0.29) is 57.3 Å². The van der Waals surface area contributed by atoms with Crippen LogP contribution in [-0.4, -0.2) is 106 Å². The van der Waals surface area contributed by atoms with E-state index in [1.165, 1.54) is 12.9 Å². The standard InChI is InChI=1S/C16H29N3O8S3/c1-2-27-16(20)15-5-3-4-7-19(15)30(25,26)18-10-8-17(9-11-18)29(23,24)14-6-12-28(21,22)13-14/h14-15H,2-13H2,1H3/t14-,15-/m0/s1. The Morgan fingerprint density at radius 3 is 2.17 bits per heavy atom. The molecule has 3 heterocycles. The predicted octanol–water partition coefficient (Wildman–Crippen LogP) is -1.22. The molecule has 0 saturated carbocycles. The highest BCUT2D eigenvalue weighted by molar-refractivity contribution is 7.95. The first kappa shape index (κ1) is 23.9. The molecule has 0 amide bonds. The van der Waals surface area contributed by atoms with Crippen LogP contribution in [0.25, 0.3) is 0 Å². The van der Waals surface area contributed by atoms with Gasteiger partial charge in [0.2, 0.25) is 10.0 Å². The van der Waals surface area contributed by atoms with Gasteiger partial charge in [0, 0.05) is 32.7 Å². The topological polar surface area (TPSA) is 138 Å². The van der Waals surface area contributed by atoms with Crippen molar-refractivity contribution < 1.29 is 34.8 Å². The Labute approximate surface area is 178 Å². The van der Waals surface area contributed by atoms with Crippen LogP contribution in [0.5, 0.6) is 0 Å². The van der Waals surface area contributed by atoms with E-state index in [0.29, 0.717) is 12.8 Å². The summed E-state index contributed by atoms with van der Waals surface area (Å²) in [5.41, 5.74) is 0. The largest absolute Gasteiger partial charge is 0.465 e. The van der Waals surface area contributed by atoms with Gasteiger partial charge in [0.15, 0.2) is 9.84 Å². The molecule has 0 aromatic rings. The van der Waals surface area contributed by atoms with Crippen LogP contribution in [-0.2, 0) is 39.6 Å². The first-order chi connectivity index (χ1) is 14.0. The van der Waals surface area contributed by atoms with Gasteiger partial charge in [-0.15, -0.1) is 0 Å². The summed E-state index contributed by atoms with van der Waals surface area (Å²) >= 11 is 0. The van der Waals surface area contributed by atoms with Gasteiger partial charge in [-0.2, -0.15) is 21.3 Å². The molecular weight excluding hydrogens is 458 g/mol. The molecule has 0 radical (unpaired) electrons. The normalized spacial score (nSPS) is 29.6. The first-order valence-electron chi connectivity index (χ1n) is 10.1. The van der Waals surface area contributed by atoms with Crippen LogP contribution in [0, 0.1) is 0 Å². The van der Waals surface area contributed by atoms with Crippen LogP contribution < -0.4 is 0 Å². The summed E-state index contributed by atoms with van der Waals surface area (Å²) in [7, 11) is -11.1. The van der Waals surface area contributed by atoms with Gasteiger partial charge in [0.25, 0.3) is 10.2 Å². The fourth-order valence-electron chi connectivity index (χ4n) is 4.17. The van der Waals surface area contributed by atoms with E-state index in [1.54, 1.807) is 6.92 Å². The molecule has 3 aliphatic rings. The highest BCUT2D eigenvalue weighted by atomic mass is 32.2. The zero-order valence-corrected chi connectivity index (χ0v) is 19.4. The second-order valence-corrected chi connectivity index (χ2v) is 14.1. The lowest BCUT2D eigenvalue weighted by Gasteiger charge is -2.40. The number of sulfone groups is 1. The Balaban J connectivity index is 1.68. The molecule has 3 fully saturated rings. The minimum atomic E-state index is -3.96. The van der Waals surface area contributed by atoms with Crippen molar-refractivity contribution in [2.24, 2.45) is 0 Å². The Hall–Kier alpha value is -0.800. The number of esters is 1. The molecule has 0 unspecified atom stereocenters. The van der Waals surface area contributed by atoms with Crippen LogP contribution in [0.4, 0.5) is 0 Å². The lowest BCUT2D eigenvalue weighted by molar-refractivity contribution is -0.148. The summed E-state index contributed by atoms with van der Waals surface area (Å²) < 4.78 is 83.7. The molecule has 0 aromatic heterocycles. The van der Waals surface area contributed by atoms with E-state index in [4.69, 9.17) is 4.74 Å². The number of hydrogen-bond donors (Lipinski definition) is 0. The second-order valence-electron chi connectivity index (χ2n) is 7.75. The maximum Gasteiger partial charge on any atom is 0.324 e. The molecule has 0 bridgehead atoms. The summed E-state index contributed by atoms with van der Waals surface area (Å²) in [6.45, 7) is 1.85. The smallest absolute Gasteiger partial charge is 0.324 e. The van der Waals surface area contributed by atoms with E-state index < -0.39 is 47.3 Å². The molecule has 11 nitrogen and oxygen atoms in total. The number of sulfonamides is 1. The summed E-state index contributed by atoms with van der Waals surface area (Å²) in [4.78, 5) is 12.2. The van der Waals surface area contributed by atoms with Crippen molar-refractivity contribution in [1.29, 1.82) is 0 Å². The molecule has 3 aliphatic heterocycles. The number of piperazine rings is 1. The molecule has 0 aliphatic carbocycles. The van der Waals surface area contributed by atoms with Crippen molar-refractivity contribution in [3.8, 4) is 0 Å². The molecule has 3 saturated heterocycles. The van der Waals surface area contributed by atoms with E-state index in [0.717, 1.165) is 6.42 Å². The summed E-state index contributed by atoms with van der Waals surface area (Å²) in [6.07, 6.45) is 1.83. The number of carbonyl (C=O) groups excluding carboxylic acids is 1. The minimum absolute atomic E-state index is 0.0456. The Bertz CT molecular complexity index is 956. The quantitative estimate of drug-likeness (QED) is 0.425. The van der Waals surface area contributed by atoms with Crippen molar-refractivity contribution in [3.63, 3.8) is 0 Å². The third-order valence-electron chi connectivity index (χ3n) is 5.80. The van der Waals surface area contributed by atoms with Crippen LogP contribution in [0.3, 0.4) is 0 Å². The van der Waals surface area contributed by atoms with Gasteiger partial charge in [0.1, 0.15) is 6.04 Å². The van der Waals surface area contributed by atoms with Crippen molar-refractivity contribution in [1.82, 2.24) is 12.9 Å². The van der Waals surface area contributed by atoms with Crippen LogP contribution in [0.15, 0.2) is 0 Å². The third-order valence-corrected chi connectivity index (χ3v) is 12.2. The van der Waals surface area contributed by atoms with E-state index in [9.17, 15) is 30.0 Å². The van der Waals surface area contributed by atoms with E-state index >= 15 is 0 Å². The van der Waals surface area contributed by atoms with Crippen molar-refractivity contribution in [2.75, 3.05) is 50.8 Å². The molecule has 14 heteroatoms. The SMILES string of the molecule is CCOC(=O)[C@@H]1CCCCN1S(=O)(=O)N1CCN(S(=O)(=O)[C@H]2CCS(=O)(=O)C2)CC1. The Morgan fingerprint density at radius 2 is 1.60 bits per heavy atom. The van der Waals surface area contributed by atoms with Crippen molar-refractivity contribution in [3.05, 3.63) is 0 Å². The molecule has 0 aromatic carbocycles. The van der Waals surface area contributed by atoms with Gasteiger partial charge in [-0.3, -0.25) is 4.79 Å². The van der Waals surface area contributed by atoms with Crippen LogP contribution in [0.2, 0.25) is 0 Å². The highest BCUT2D eigenvalue weighted by Crippen LogP contribution is 2.27. The minimum Gasteiger partial charge on any atom is -0.465 e. The average Bonchev–Trinajstić information content (AvgIpc) is 3.09. The van der Waals surface area contributed by atoms with Gasteiger partial charge in [-0.25, -0.2) is 16.8 Å². The fourth-order valence-corrected chi connectivity index (χ4v) is 10.5. The number of hydrogen-bond acceptors (Lipinski definition) is 8. The zero-order chi connectivity index (χ0) is 22.2. The molecule has 0 N–H and O–H groups in total. The number of piperidine rings is 1. The Morgan fingerprint density at radius 1 is 0.967 bits per heavy atom. The van der Waals surface area contributed by atoms with Crippen molar-refractivity contribution >= 4 is 36.0 Å². The Kier molecular flexibility index (Phi) is 7.14. The molecule has 3 rings (SSSR count). The lowest BCUT2D eigenvalue weighted by atomic mass is 10.1. The van der Waals surface area contributed by atoms with Crippen molar-refractivity contribution in [2.45, 2.75) is 43.9 Å². The maximum absolute atomic E-state index is 13.2. The summed E-state index contributed by atoms with van der Waals surface area (Å²) in [5.74, 6) is -1.09. The number of ether oxygens (including phenoxy) is 1. The monoisotopic (exact) mass is 487 g/mol. The van der Waals surface area contributed by atoms with Gasteiger partial charge >= 0.3 is 5.97 Å². The lowest BCUT2D eigenvalue weighted by Crippen LogP contribution is -2.58. The van der Waals surface area contributed by atoms with Gasteiger partial charge in [0.05, 0.1) is 23.4 Å². The third kappa shape index (κ3) is 4.83. The number of carbonyl (C=O) groups is 1. The average molecular weight is 488 g/mol. The van der Waals surface area contributed by atoms with Crippen LogP contribution >= 0.6 is 0 Å². The van der Waals surface area contributed by atoms with Gasteiger partial charge in [-0.1, -0.05) is 0 Å². The molecule has 30 heavy (non-hydrogen) atoms. The molecule has 174 valence electrons. The molecular formula is C16H29N3O8S3. The van der Waals surface area contributed by atoms with Gasteiger partial charge in [-0.05, 0) is 32.6 Å². The van der Waals surface area contributed by atoms with Crippen LogP contribution in [0.1, 0.15) is 32.6 Å². The summed E-state index contributed by atoms with van der Waals surface area (Å²) in [6, 6.07) is -0.867. The number of nitrogens with zero attached hydrogens (tertiary/aromatic N) is 3. The van der Waals surface area contributed by atoms with E-state index in [1.807, 2.05) is 0 Å². The number of rotatable bonds is 6. The molecule has 0 spiro atoms. The fraction of sp³-hybridized carbons (Fsp3) is 0.938. The predicted molar refractivity (Wildman–Crippen MR) is 109 cm³/mol. The maximum atomic E-state index is 13.2. The first-order valence-corrected chi connectivity index (χ1v) is 14.8. The zero-order valence-electron chi connectivity index (χ0n) is 17.0. The highest BCUT2D eigenvalue weighted by Gasteiger charge is 2.45. The molecule has 2 atom stereocenters. The summed E-state index contributed by atoms with van der Waals surface area (Å²) in [5, 5.41) is -0.971. The van der Waals surface area contributed by atoms with Gasteiger partial charge < -0.3 is 4.74 Å².